The smallest absolute Gasteiger partial charge is 0.241 e. The van der Waals surface area contributed by atoms with Gasteiger partial charge in [0.2, 0.25) is 10.0 Å². The van der Waals surface area contributed by atoms with E-state index in [9.17, 15) is 8.42 Å². The molecule has 3 N–H and O–H groups in total. The summed E-state index contributed by atoms with van der Waals surface area (Å²) in [7, 11) is -3.64. The molecule has 9 heteroatoms. The van der Waals surface area contributed by atoms with Gasteiger partial charge in [-0.2, -0.15) is 0 Å². The summed E-state index contributed by atoms with van der Waals surface area (Å²) in [5.74, 6) is 0.846. The summed E-state index contributed by atoms with van der Waals surface area (Å²) in [5, 5.41) is 6.61. The molecule has 2 aliphatic heterocycles. The number of hydrogen-bond donors (Lipinski definition) is 3. The zero-order valence-electron chi connectivity index (χ0n) is 21.5. The normalized spacial score (nSPS) is 18.8. The molecule has 1 fully saturated rings. The molecule has 4 rings (SSSR count). The van der Waals surface area contributed by atoms with Crippen molar-refractivity contribution in [3.63, 3.8) is 0 Å². The number of anilines is 1. The Morgan fingerprint density at radius 1 is 1.11 bits per heavy atom. The van der Waals surface area contributed by atoms with Crippen LogP contribution in [0.1, 0.15) is 46.1 Å². The number of benzene rings is 2. The first-order valence-electron chi connectivity index (χ1n) is 12.5. The van der Waals surface area contributed by atoms with Crippen molar-refractivity contribution in [3.8, 4) is 5.75 Å². The molecule has 0 aromatic heterocycles. The van der Waals surface area contributed by atoms with Crippen LogP contribution >= 0.6 is 0 Å². The van der Waals surface area contributed by atoms with Gasteiger partial charge in [0.05, 0.1) is 10.6 Å². The second kappa shape index (κ2) is 11.0. The lowest BCUT2D eigenvalue weighted by Gasteiger charge is -2.24. The summed E-state index contributed by atoms with van der Waals surface area (Å²) < 4.78 is 34.3. The average Bonchev–Trinajstić information content (AvgIpc) is 3.34. The molecule has 2 aliphatic rings. The minimum absolute atomic E-state index is 0.216. The van der Waals surface area contributed by atoms with Gasteiger partial charge in [0, 0.05) is 29.5 Å². The van der Waals surface area contributed by atoms with E-state index in [2.05, 4.69) is 20.3 Å². The maximum atomic E-state index is 12.8. The van der Waals surface area contributed by atoms with Gasteiger partial charge in [-0.15, -0.1) is 0 Å². The summed E-state index contributed by atoms with van der Waals surface area (Å²) >= 11 is 0. The minimum Gasteiger partial charge on any atom is -0.492 e. The zero-order chi connectivity index (χ0) is 25.8. The van der Waals surface area contributed by atoms with E-state index in [1.807, 2.05) is 64.2 Å². The fourth-order valence-electron chi connectivity index (χ4n) is 4.29. The Morgan fingerprint density at radius 3 is 2.53 bits per heavy atom. The van der Waals surface area contributed by atoms with Crippen LogP contribution in [0.2, 0.25) is 0 Å². The van der Waals surface area contributed by atoms with Crippen molar-refractivity contribution in [1.82, 2.24) is 14.9 Å². The fraction of sp³-hybridized carbons (Fsp3) is 0.444. The van der Waals surface area contributed by atoms with Gasteiger partial charge in [-0.1, -0.05) is 12.1 Å². The predicted octanol–water partition coefficient (Wildman–Crippen LogP) is 3.93. The van der Waals surface area contributed by atoms with Crippen molar-refractivity contribution in [3.05, 3.63) is 65.9 Å². The number of nitrogens with one attached hydrogen (secondary N) is 3. The van der Waals surface area contributed by atoms with Gasteiger partial charge in [0.25, 0.3) is 0 Å². The van der Waals surface area contributed by atoms with Gasteiger partial charge in [-0.3, -0.25) is 4.90 Å². The Bertz CT molecular complexity index is 1210. The summed E-state index contributed by atoms with van der Waals surface area (Å²) in [6, 6.07) is 14.7. The number of hydrogen-bond acceptors (Lipinski definition) is 7. The van der Waals surface area contributed by atoms with Crippen LogP contribution in [-0.4, -0.2) is 57.1 Å². The molecule has 36 heavy (non-hydrogen) atoms. The van der Waals surface area contributed by atoms with Crippen LogP contribution in [0.15, 0.2) is 70.2 Å². The summed E-state index contributed by atoms with van der Waals surface area (Å²) in [6.45, 7) is 11.4. The van der Waals surface area contributed by atoms with Gasteiger partial charge in [-0.25, -0.2) is 18.1 Å². The highest BCUT2D eigenvalue weighted by molar-refractivity contribution is 7.89. The standard InChI is InChI=1S/C27H37N5O3S/c1-20-19-28-26(29-22-10-12-23(13-11-22)35-17-16-32-14-5-6-15-32)30-25(20)21-8-7-9-24(18-21)36(33,34)31-27(2,3)4/h7-13,18-19,26,28-29,31H,5-6,14-17H2,1-4H3. The van der Waals surface area contributed by atoms with E-state index in [-0.39, 0.29) is 4.90 Å². The third kappa shape index (κ3) is 7.09. The van der Waals surface area contributed by atoms with Crippen LogP contribution < -0.4 is 20.1 Å². The van der Waals surface area contributed by atoms with E-state index in [1.54, 1.807) is 18.2 Å². The molecule has 0 amide bonds. The Kier molecular flexibility index (Phi) is 8.02. The summed E-state index contributed by atoms with van der Waals surface area (Å²) in [4.78, 5) is 7.47. The third-order valence-electron chi connectivity index (χ3n) is 5.98. The molecule has 0 spiro atoms. The number of likely N-dealkylation sites (tertiary alicyclic amines) is 1. The number of allylic oxidation sites excluding steroid dienone is 1. The average molecular weight is 512 g/mol. The van der Waals surface area contributed by atoms with Crippen molar-refractivity contribution in [2.45, 2.75) is 57.3 Å². The molecule has 0 radical (unpaired) electrons. The van der Waals surface area contributed by atoms with Crippen LogP contribution in [0.25, 0.3) is 0 Å². The lowest BCUT2D eigenvalue weighted by molar-refractivity contribution is 0.238. The largest absolute Gasteiger partial charge is 0.492 e. The number of rotatable bonds is 9. The van der Waals surface area contributed by atoms with E-state index in [0.29, 0.717) is 6.61 Å². The molecule has 0 bridgehead atoms. The Balaban J connectivity index is 1.41. The van der Waals surface area contributed by atoms with Crippen LogP contribution in [-0.2, 0) is 10.0 Å². The third-order valence-corrected chi connectivity index (χ3v) is 7.74. The summed E-state index contributed by atoms with van der Waals surface area (Å²) in [6.07, 6.45) is 4.07. The fourth-order valence-corrected chi connectivity index (χ4v) is 5.76. The van der Waals surface area contributed by atoms with Crippen molar-refractivity contribution in [1.29, 1.82) is 0 Å². The van der Waals surface area contributed by atoms with Crippen molar-refractivity contribution >= 4 is 21.4 Å². The lowest BCUT2D eigenvalue weighted by atomic mass is 10.0. The minimum atomic E-state index is -3.64. The maximum Gasteiger partial charge on any atom is 0.241 e. The molecule has 194 valence electrons. The molecular formula is C27H37N5O3S. The van der Waals surface area contributed by atoms with Gasteiger partial charge >= 0.3 is 0 Å². The van der Waals surface area contributed by atoms with Gasteiger partial charge in [0.1, 0.15) is 12.4 Å². The molecule has 2 aromatic rings. The monoisotopic (exact) mass is 511 g/mol. The highest BCUT2D eigenvalue weighted by Gasteiger charge is 2.23. The second-order valence-electron chi connectivity index (χ2n) is 10.3. The van der Waals surface area contributed by atoms with Crippen LogP contribution in [0, 0.1) is 0 Å². The second-order valence-corrected chi connectivity index (χ2v) is 12.0. The molecule has 0 saturated carbocycles. The molecule has 2 heterocycles. The van der Waals surface area contributed by atoms with E-state index in [0.717, 1.165) is 34.8 Å². The molecule has 1 atom stereocenters. The topological polar surface area (TPSA) is 95.1 Å². The number of nitrogens with zero attached hydrogens (tertiary/aromatic N) is 2. The van der Waals surface area contributed by atoms with E-state index in [1.165, 1.54) is 25.9 Å². The SMILES string of the molecule is CC1=CNC(Nc2ccc(OCCN3CCCC3)cc2)N=C1c1cccc(S(=O)(=O)NC(C)(C)C)c1. The predicted molar refractivity (Wildman–Crippen MR) is 145 cm³/mol. The highest BCUT2D eigenvalue weighted by atomic mass is 32.2. The number of ether oxygens (including phenoxy) is 1. The number of sulfonamides is 1. The lowest BCUT2D eigenvalue weighted by Crippen LogP contribution is -2.40. The summed E-state index contributed by atoms with van der Waals surface area (Å²) in [5.41, 5.74) is 2.74. The molecule has 1 saturated heterocycles. The molecule has 1 unspecified atom stereocenters. The van der Waals surface area contributed by atoms with Gasteiger partial charge < -0.3 is 15.4 Å². The quantitative estimate of drug-likeness (QED) is 0.472. The van der Waals surface area contributed by atoms with Gasteiger partial charge in [-0.05, 0) is 95.6 Å². The molecule has 0 aliphatic carbocycles. The first-order chi connectivity index (χ1) is 17.1. The van der Waals surface area contributed by atoms with Crippen molar-refractivity contribution < 1.29 is 13.2 Å². The van der Waals surface area contributed by atoms with Crippen LogP contribution in [0.5, 0.6) is 5.75 Å². The van der Waals surface area contributed by atoms with E-state index < -0.39 is 21.9 Å². The van der Waals surface area contributed by atoms with E-state index in [4.69, 9.17) is 9.73 Å². The zero-order valence-corrected chi connectivity index (χ0v) is 22.4. The molecule has 2 aromatic carbocycles. The van der Waals surface area contributed by atoms with E-state index >= 15 is 0 Å². The highest BCUT2D eigenvalue weighted by Crippen LogP contribution is 2.21. The Hall–Kier alpha value is -2.88. The Morgan fingerprint density at radius 2 is 1.83 bits per heavy atom. The number of aliphatic imine (C=N–C) groups is 1. The Labute approximate surface area is 214 Å². The van der Waals surface area contributed by atoms with Gasteiger partial charge in [0.15, 0.2) is 6.29 Å². The first-order valence-corrected chi connectivity index (χ1v) is 13.9. The molecular weight excluding hydrogens is 474 g/mol. The van der Waals surface area contributed by atoms with Crippen LogP contribution in [0.4, 0.5) is 5.69 Å². The molecule has 8 nitrogen and oxygen atoms in total. The first kappa shape index (κ1) is 26.2. The maximum absolute atomic E-state index is 12.8. The van der Waals surface area contributed by atoms with Crippen molar-refractivity contribution in [2.75, 3.05) is 31.6 Å². The van der Waals surface area contributed by atoms with Crippen LogP contribution in [0.3, 0.4) is 0 Å². The van der Waals surface area contributed by atoms with Crippen molar-refractivity contribution in [2.24, 2.45) is 4.99 Å².